The second-order valence-corrected chi connectivity index (χ2v) is 5.44. The smallest absolute Gasteiger partial charge is 0.286 e. The Morgan fingerprint density at radius 2 is 2.00 bits per heavy atom. The molecule has 23 heavy (non-hydrogen) atoms. The third-order valence-corrected chi connectivity index (χ3v) is 3.21. The number of hydrazine groups is 1. The Labute approximate surface area is 138 Å². The number of nitrogens with zero attached hydrogens (tertiary/aromatic N) is 1. The number of hydrogen-bond donors (Lipinski definition) is 2. The highest BCUT2D eigenvalue weighted by Crippen LogP contribution is 2.17. The lowest BCUT2D eigenvalue weighted by Crippen LogP contribution is -2.44. The molecule has 2 aromatic rings. The van der Waals surface area contributed by atoms with Crippen LogP contribution in [0.2, 0.25) is 0 Å². The highest BCUT2D eigenvalue weighted by molar-refractivity contribution is 9.10. The second kappa shape index (κ2) is 7.23. The maximum Gasteiger partial charge on any atom is 0.286 e. The Hall–Kier alpha value is -2.42. The summed E-state index contributed by atoms with van der Waals surface area (Å²) in [5.41, 5.74) is 4.65. The minimum absolute atomic E-state index is 0.265. The summed E-state index contributed by atoms with van der Waals surface area (Å²) in [6, 6.07) is 4.29. The van der Waals surface area contributed by atoms with E-state index < -0.39 is 30.1 Å². The van der Waals surface area contributed by atoms with Crippen LogP contribution < -0.4 is 15.6 Å². The summed E-state index contributed by atoms with van der Waals surface area (Å²) >= 11 is 3.22. The van der Waals surface area contributed by atoms with Crippen LogP contribution in [0.3, 0.4) is 0 Å². The van der Waals surface area contributed by atoms with E-state index in [2.05, 4.69) is 26.8 Å². The summed E-state index contributed by atoms with van der Waals surface area (Å²) in [7, 11) is 1.67. The van der Waals surface area contributed by atoms with E-state index in [1.54, 1.807) is 23.9 Å². The van der Waals surface area contributed by atoms with E-state index in [-0.39, 0.29) is 5.75 Å². The lowest BCUT2D eigenvalue weighted by molar-refractivity contribution is -0.123. The van der Waals surface area contributed by atoms with Gasteiger partial charge in [-0.25, -0.2) is 8.78 Å². The largest absolute Gasteiger partial charge is 0.481 e. The van der Waals surface area contributed by atoms with Crippen molar-refractivity contribution in [3.63, 3.8) is 0 Å². The van der Waals surface area contributed by atoms with Crippen molar-refractivity contribution in [2.75, 3.05) is 6.61 Å². The maximum atomic E-state index is 13.3. The SMILES string of the molecule is Cn1cc(Br)cc1C(=O)NNC(=O)COc1ccc(F)cc1F. The van der Waals surface area contributed by atoms with Crippen LogP contribution in [0.5, 0.6) is 5.75 Å². The quantitative estimate of drug-likeness (QED) is 0.787. The number of ether oxygens (including phenoxy) is 1. The molecule has 0 radical (unpaired) electrons. The van der Waals surface area contributed by atoms with E-state index in [1.165, 1.54) is 0 Å². The minimum atomic E-state index is -0.921. The Kier molecular flexibility index (Phi) is 5.32. The molecule has 0 saturated heterocycles. The van der Waals surface area contributed by atoms with Gasteiger partial charge in [0.25, 0.3) is 11.8 Å². The fraction of sp³-hybridized carbons (Fsp3) is 0.143. The molecule has 0 bridgehead atoms. The molecule has 2 N–H and O–H groups in total. The minimum Gasteiger partial charge on any atom is -0.481 e. The van der Waals surface area contributed by atoms with Gasteiger partial charge < -0.3 is 9.30 Å². The maximum absolute atomic E-state index is 13.3. The van der Waals surface area contributed by atoms with E-state index in [4.69, 9.17) is 4.74 Å². The summed E-state index contributed by atoms with van der Waals surface area (Å²) in [5, 5.41) is 0. The molecule has 122 valence electrons. The summed E-state index contributed by atoms with van der Waals surface area (Å²) in [5.74, 6) is -3.16. The number of rotatable bonds is 4. The number of aromatic nitrogens is 1. The van der Waals surface area contributed by atoms with Crippen molar-refractivity contribution in [3.8, 4) is 5.75 Å². The lowest BCUT2D eigenvalue weighted by atomic mass is 10.3. The van der Waals surface area contributed by atoms with Gasteiger partial charge in [-0.05, 0) is 34.1 Å². The standard InChI is InChI=1S/C14H12BrF2N3O3/c1-20-6-8(15)4-11(20)14(22)19-18-13(21)7-23-12-3-2-9(16)5-10(12)17/h2-6H,7H2,1H3,(H,18,21)(H,19,22). The Balaban J connectivity index is 1.83. The van der Waals surface area contributed by atoms with Crippen LogP contribution in [-0.2, 0) is 11.8 Å². The first-order chi connectivity index (χ1) is 10.9. The molecular weight excluding hydrogens is 376 g/mol. The number of hydrogen-bond acceptors (Lipinski definition) is 3. The zero-order valence-corrected chi connectivity index (χ0v) is 13.5. The first-order valence-electron chi connectivity index (χ1n) is 6.35. The van der Waals surface area contributed by atoms with Gasteiger partial charge in [0.2, 0.25) is 0 Å². The van der Waals surface area contributed by atoms with Crippen LogP contribution in [0.4, 0.5) is 8.78 Å². The van der Waals surface area contributed by atoms with Gasteiger partial charge >= 0.3 is 0 Å². The zero-order chi connectivity index (χ0) is 17.0. The fourth-order valence-corrected chi connectivity index (χ4v) is 2.24. The molecule has 1 heterocycles. The highest BCUT2D eigenvalue weighted by atomic mass is 79.9. The van der Waals surface area contributed by atoms with E-state index in [9.17, 15) is 18.4 Å². The number of halogens is 3. The molecule has 2 amide bonds. The number of carbonyl (C=O) groups excluding carboxylic acids is 2. The van der Waals surface area contributed by atoms with Crippen molar-refractivity contribution in [2.24, 2.45) is 7.05 Å². The second-order valence-electron chi connectivity index (χ2n) is 4.52. The normalized spacial score (nSPS) is 10.3. The van der Waals surface area contributed by atoms with Crippen LogP contribution in [0.1, 0.15) is 10.5 Å². The van der Waals surface area contributed by atoms with Gasteiger partial charge in [0.15, 0.2) is 18.2 Å². The molecule has 0 fully saturated rings. The Bertz CT molecular complexity index is 749. The van der Waals surface area contributed by atoms with E-state index in [1.807, 2.05) is 0 Å². The number of amides is 2. The Morgan fingerprint density at radius 3 is 2.61 bits per heavy atom. The first-order valence-corrected chi connectivity index (χ1v) is 7.15. The fourth-order valence-electron chi connectivity index (χ4n) is 1.71. The molecule has 0 aliphatic rings. The average molecular weight is 388 g/mol. The predicted molar refractivity (Wildman–Crippen MR) is 80.6 cm³/mol. The number of nitrogens with one attached hydrogen (secondary N) is 2. The van der Waals surface area contributed by atoms with Gasteiger partial charge in [0.1, 0.15) is 11.5 Å². The predicted octanol–water partition coefficient (Wildman–Crippen LogP) is 1.91. The van der Waals surface area contributed by atoms with Gasteiger partial charge in [0, 0.05) is 23.8 Å². The van der Waals surface area contributed by atoms with Crippen molar-refractivity contribution in [1.29, 1.82) is 0 Å². The lowest BCUT2D eigenvalue weighted by Gasteiger charge is -2.09. The van der Waals surface area contributed by atoms with Crippen molar-refractivity contribution in [2.45, 2.75) is 0 Å². The van der Waals surface area contributed by atoms with Crippen LogP contribution in [0.15, 0.2) is 34.9 Å². The summed E-state index contributed by atoms with van der Waals surface area (Å²) in [6.45, 7) is -0.542. The summed E-state index contributed by atoms with van der Waals surface area (Å²) < 4.78 is 33.2. The summed E-state index contributed by atoms with van der Waals surface area (Å²) in [4.78, 5) is 23.4. The Morgan fingerprint density at radius 1 is 1.26 bits per heavy atom. The van der Waals surface area contributed by atoms with Crippen molar-refractivity contribution in [1.82, 2.24) is 15.4 Å². The third-order valence-electron chi connectivity index (χ3n) is 2.77. The molecule has 1 aromatic carbocycles. The number of aryl methyl sites for hydroxylation is 1. The van der Waals surface area contributed by atoms with Crippen molar-refractivity contribution < 1.29 is 23.1 Å². The molecule has 2 rings (SSSR count). The molecule has 9 heteroatoms. The van der Waals surface area contributed by atoms with Crippen LogP contribution in [-0.4, -0.2) is 23.0 Å². The van der Waals surface area contributed by atoms with Crippen LogP contribution in [0, 0.1) is 11.6 Å². The number of benzene rings is 1. The van der Waals surface area contributed by atoms with Gasteiger partial charge in [0.05, 0.1) is 0 Å². The molecule has 0 unspecified atom stereocenters. The molecule has 0 aliphatic carbocycles. The molecular formula is C14H12BrF2N3O3. The molecule has 1 aromatic heterocycles. The van der Waals surface area contributed by atoms with E-state index in [0.29, 0.717) is 16.2 Å². The van der Waals surface area contributed by atoms with E-state index >= 15 is 0 Å². The van der Waals surface area contributed by atoms with Crippen LogP contribution >= 0.6 is 15.9 Å². The van der Waals surface area contributed by atoms with Gasteiger partial charge in [-0.1, -0.05) is 0 Å². The molecule has 6 nitrogen and oxygen atoms in total. The van der Waals surface area contributed by atoms with Crippen molar-refractivity contribution >= 4 is 27.7 Å². The molecule has 0 atom stereocenters. The first kappa shape index (κ1) is 16.9. The monoisotopic (exact) mass is 387 g/mol. The average Bonchev–Trinajstić information content (AvgIpc) is 2.82. The highest BCUT2D eigenvalue weighted by Gasteiger charge is 2.13. The molecule has 0 aliphatic heterocycles. The topological polar surface area (TPSA) is 72.4 Å². The van der Waals surface area contributed by atoms with Crippen molar-refractivity contribution in [3.05, 3.63) is 52.3 Å². The third kappa shape index (κ3) is 4.52. The summed E-state index contributed by atoms with van der Waals surface area (Å²) in [6.07, 6.45) is 1.68. The van der Waals surface area contributed by atoms with Gasteiger partial charge in [-0.2, -0.15) is 0 Å². The zero-order valence-electron chi connectivity index (χ0n) is 11.9. The van der Waals surface area contributed by atoms with E-state index in [0.717, 1.165) is 12.1 Å². The molecule has 0 spiro atoms. The van der Waals surface area contributed by atoms with Crippen LogP contribution in [0.25, 0.3) is 0 Å². The van der Waals surface area contributed by atoms with Gasteiger partial charge in [-0.15, -0.1) is 0 Å². The number of carbonyl (C=O) groups is 2. The van der Waals surface area contributed by atoms with Gasteiger partial charge in [-0.3, -0.25) is 20.4 Å². The molecule has 0 saturated carbocycles.